The van der Waals surface area contributed by atoms with E-state index < -0.39 is 16.0 Å². The summed E-state index contributed by atoms with van der Waals surface area (Å²) in [6, 6.07) is 7.69. The summed E-state index contributed by atoms with van der Waals surface area (Å²) in [4.78, 5) is 24.6. The van der Waals surface area contributed by atoms with E-state index in [4.69, 9.17) is 16.3 Å². The number of nitrogens with zero attached hydrogens (tertiary/aromatic N) is 1. The van der Waals surface area contributed by atoms with E-state index in [1.165, 1.54) is 10.4 Å². The molecule has 6 nitrogen and oxygen atoms in total. The van der Waals surface area contributed by atoms with E-state index in [1.807, 2.05) is 6.92 Å². The topological polar surface area (TPSA) is 80.8 Å². The number of thiophene rings is 1. The number of fused-ring (bicyclic) bond motifs is 1. The summed E-state index contributed by atoms with van der Waals surface area (Å²) < 4.78 is 30.8. The maximum absolute atomic E-state index is 12.2. The number of hydrogen-bond donors (Lipinski definition) is 0. The van der Waals surface area contributed by atoms with Crippen LogP contribution in [0.25, 0.3) is 0 Å². The molecule has 0 saturated carbocycles. The van der Waals surface area contributed by atoms with Gasteiger partial charge in [0.1, 0.15) is 0 Å². The van der Waals surface area contributed by atoms with Gasteiger partial charge in [0, 0.05) is 6.04 Å². The highest BCUT2D eigenvalue weighted by molar-refractivity contribution is 7.92. The molecule has 1 atom stereocenters. The second kappa shape index (κ2) is 7.02. The van der Waals surface area contributed by atoms with Crippen LogP contribution in [0.4, 0.5) is 5.69 Å². The average Bonchev–Trinajstić information content (AvgIpc) is 3.13. The van der Waals surface area contributed by atoms with Crippen LogP contribution in [0.5, 0.6) is 0 Å². The number of esters is 1. The molecular weight excluding hydrogens is 398 g/mol. The molecular formula is C17H16ClNO5S2. The highest BCUT2D eigenvalue weighted by atomic mass is 35.5. The molecule has 0 aliphatic carbocycles. The van der Waals surface area contributed by atoms with E-state index in [2.05, 4.69) is 0 Å². The highest BCUT2D eigenvalue weighted by Crippen LogP contribution is 2.34. The molecule has 0 N–H and O–H groups in total. The first-order chi connectivity index (χ1) is 12.2. The second-order valence-electron chi connectivity index (χ2n) is 6.06. The van der Waals surface area contributed by atoms with Crippen molar-refractivity contribution in [1.82, 2.24) is 0 Å². The lowest BCUT2D eigenvalue weighted by Gasteiger charge is -2.21. The molecule has 0 spiro atoms. The number of carbonyl (C=O) groups is 2. The number of halogens is 1. The van der Waals surface area contributed by atoms with Crippen molar-refractivity contribution in [3.8, 4) is 0 Å². The number of Topliss-reactive ketones (excluding diaryl/α,β-unsaturated/α-hetero) is 1. The monoisotopic (exact) mass is 413 g/mol. The second-order valence-corrected chi connectivity index (χ2v) is 9.63. The molecule has 1 aromatic heterocycles. The van der Waals surface area contributed by atoms with Gasteiger partial charge in [-0.3, -0.25) is 9.10 Å². The third-order valence-electron chi connectivity index (χ3n) is 4.01. The Balaban J connectivity index is 1.72. The van der Waals surface area contributed by atoms with E-state index in [0.717, 1.165) is 23.2 Å². The van der Waals surface area contributed by atoms with E-state index in [9.17, 15) is 18.0 Å². The molecule has 2 aromatic rings. The fourth-order valence-corrected chi connectivity index (χ4v) is 5.22. The average molecular weight is 414 g/mol. The Bertz CT molecular complexity index is 983. The third kappa shape index (κ3) is 3.77. The van der Waals surface area contributed by atoms with E-state index in [0.29, 0.717) is 21.3 Å². The Hall–Kier alpha value is -1.90. The summed E-state index contributed by atoms with van der Waals surface area (Å²) in [7, 11) is -3.39. The maximum atomic E-state index is 12.2. The molecule has 26 heavy (non-hydrogen) atoms. The Kier molecular flexibility index (Phi) is 5.09. The quantitative estimate of drug-likeness (QED) is 0.555. The van der Waals surface area contributed by atoms with E-state index in [1.54, 1.807) is 24.3 Å². The van der Waals surface area contributed by atoms with Crippen LogP contribution in [0.3, 0.4) is 0 Å². The molecule has 1 aliphatic heterocycles. The molecule has 0 fully saturated rings. The van der Waals surface area contributed by atoms with Crippen molar-refractivity contribution in [1.29, 1.82) is 0 Å². The van der Waals surface area contributed by atoms with Gasteiger partial charge >= 0.3 is 5.97 Å². The third-order valence-corrected chi connectivity index (χ3v) is 6.55. The van der Waals surface area contributed by atoms with Gasteiger partial charge < -0.3 is 4.74 Å². The van der Waals surface area contributed by atoms with Crippen LogP contribution >= 0.6 is 22.9 Å². The van der Waals surface area contributed by atoms with Gasteiger partial charge in [-0.25, -0.2) is 13.2 Å². The summed E-state index contributed by atoms with van der Waals surface area (Å²) in [5, 5.41) is 0. The number of rotatable bonds is 5. The molecule has 2 heterocycles. The lowest BCUT2D eigenvalue weighted by molar-refractivity contribution is 0.0476. The van der Waals surface area contributed by atoms with Gasteiger partial charge in [-0.2, -0.15) is 0 Å². The van der Waals surface area contributed by atoms with Crippen LogP contribution in [-0.4, -0.2) is 39.1 Å². The van der Waals surface area contributed by atoms with Gasteiger partial charge in [-0.15, -0.1) is 11.3 Å². The predicted octanol–water partition coefficient (Wildman–Crippen LogP) is 3.15. The minimum absolute atomic E-state index is 0.212. The molecule has 9 heteroatoms. The first-order valence-corrected chi connectivity index (χ1v) is 10.8. The van der Waals surface area contributed by atoms with E-state index >= 15 is 0 Å². The molecule has 0 unspecified atom stereocenters. The highest BCUT2D eigenvalue weighted by Gasteiger charge is 2.33. The van der Waals surface area contributed by atoms with E-state index in [-0.39, 0.29) is 24.0 Å². The lowest BCUT2D eigenvalue weighted by atomic mass is 10.1. The predicted molar refractivity (Wildman–Crippen MR) is 101 cm³/mol. The standard InChI is InChI=1S/C17H16ClNO5S2/c1-10-7-12-8-11(3-4-13(12)19(10)26(2,22)23)17(21)24-9-14(20)15-5-6-16(18)25-15/h3-6,8,10H,7,9H2,1-2H3/t10-/m1/s1. The van der Waals surface area contributed by atoms with Crippen molar-refractivity contribution in [2.24, 2.45) is 0 Å². The summed E-state index contributed by atoms with van der Waals surface area (Å²) >= 11 is 6.91. The van der Waals surface area contributed by atoms with Crippen LogP contribution in [0.1, 0.15) is 32.5 Å². The van der Waals surface area contributed by atoms with Crippen LogP contribution in [0.2, 0.25) is 4.34 Å². The van der Waals surface area contributed by atoms with Gasteiger partial charge in [0.05, 0.1) is 26.7 Å². The number of anilines is 1. The fourth-order valence-electron chi connectivity index (χ4n) is 2.98. The molecule has 3 rings (SSSR count). The Morgan fingerprint density at radius 2 is 2.04 bits per heavy atom. The Labute approximate surface area is 160 Å². The van der Waals surface area contributed by atoms with Crippen molar-refractivity contribution < 1.29 is 22.7 Å². The minimum atomic E-state index is -3.39. The molecule has 138 valence electrons. The summed E-state index contributed by atoms with van der Waals surface area (Å²) in [6.07, 6.45) is 1.67. The van der Waals surface area contributed by atoms with Crippen LogP contribution < -0.4 is 4.31 Å². The Morgan fingerprint density at radius 1 is 1.31 bits per heavy atom. The van der Waals surface area contributed by atoms with Gasteiger partial charge in [-0.05, 0) is 49.2 Å². The first-order valence-electron chi connectivity index (χ1n) is 7.75. The summed E-state index contributed by atoms with van der Waals surface area (Å²) in [6.45, 7) is 1.43. The first kappa shape index (κ1) is 18.9. The smallest absolute Gasteiger partial charge is 0.338 e. The molecule has 1 aliphatic rings. The normalized spacial score (nSPS) is 16.4. The summed E-state index contributed by atoms with van der Waals surface area (Å²) in [5.74, 6) is -0.956. The largest absolute Gasteiger partial charge is 0.454 e. The van der Waals surface area contributed by atoms with Crippen molar-refractivity contribution >= 4 is 50.4 Å². The summed E-state index contributed by atoms with van der Waals surface area (Å²) in [5.41, 5.74) is 1.61. The van der Waals surface area contributed by atoms with Crippen LogP contribution in [0, 0.1) is 0 Å². The van der Waals surface area contributed by atoms with Gasteiger partial charge in [0.2, 0.25) is 15.8 Å². The molecule has 0 radical (unpaired) electrons. The number of sulfonamides is 1. The Morgan fingerprint density at radius 3 is 2.65 bits per heavy atom. The van der Waals surface area contributed by atoms with Crippen molar-refractivity contribution in [3.63, 3.8) is 0 Å². The molecule has 0 bridgehead atoms. The molecule has 1 aromatic carbocycles. The van der Waals surface area contributed by atoms with Crippen LogP contribution in [-0.2, 0) is 21.2 Å². The fraction of sp³-hybridized carbons (Fsp3) is 0.294. The van der Waals surface area contributed by atoms with Gasteiger partial charge in [0.15, 0.2) is 6.61 Å². The maximum Gasteiger partial charge on any atom is 0.338 e. The number of carbonyl (C=O) groups excluding carboxylic acids is 2. The number of ether oxygens (including phenoxy) is 1. The lowest BCUT2D eigenvalue weighted by Crippen LogP contribution is -2.34. The van der Waals surface area contributed by atoms with Crippen molar-refractivity contribution in [3.05, 3.63) is 50.7 Å². The zero-order valence-corrected chi connectivity index (χ0v) is 16.5. The van der Waals surface area contributed by atoms with Crippen molar-refractivity contribution in [2.45, 2.75) is 19.4 Å². The minimum Gasteiger partial charge on any atom is -0.454 e. The van der Waals surface area contributed by atoms with Gasteiger partial charge in [0.25, 0.3) is 0 Å². The number of ketones is 1. The zero-order chi connectivity index (χ0) is 19.1. The van der Waals surface area contributed by atoms with Crippen molar-refractivity contribution in [2.75, 3.05) is 17.2 Å². The number of benzene rings is 1. The SMILES string of the molecule is C[C@@H]1Cc2cc(C(=O)OCC(=O)c3ccc(Cl)s3)ccc2N1S(C)(=O)=O. The van der Waals surface area contributed by atoms with Crippen LogP contribution in [0.15, 0.2) is 30.3 Å². The molecule has 0 amide bonds. The molecule has 0 saturated heterocycles. The van der Waals surface area contributed by atoms with Gasteiger partial charge in [-0.1, -0.05) is 11.6 Å². The zero-order valence-electron chi connectivity index (χ0n) is 14.1. The number of hydrogen-bond acceptors (Lipinski definition) is 6.